The third kappa shape index (κ3) is 4.31. The predicted octanol–water partition coefficient (Wildman–Crippen LogP) is 2.05. The lowest BCUT2D eigenvalue weighted by molar-refractivity contribution is -0.0615. The van der Waals surface area contributed by atoms with E-state index in [0.29, 0.717) is 18.0 Å². The third-order valence-corrected chi connectivity index (χ3v) is 4.63. The van der Waals surface area contributed by atoms with Crippen molar-refractivity contribution in [1.29, 1.82) is 0 Å². The van der Waals surface area contributed by atoms with E-state index in [1.807, 2.05) is 13.0 Å². The van der Waals surface area contributed by atoms with Gasteiger partial charge in [0, 0.05) is 12.6 Å². The summed E-state index contributed by atoms with van der Waals surface area (Å²) in [6.45, 7) is 7.10. The Bertz CT molecular complexity index is 581. The van der Waals surface area contributed by atoms with Gasteiger partial charge in [-0.3, -0.25) is 4.79 Å². The van der Waals surface area contributed by atoms with Gasteiger partial charge in [0.15, 0.2) is 0 Å². The van der Waals surface area contributed by atoms with Crippen LogP contribution in [0.4, 0.5) is 0 Å². The van der Waals surface area contributed by atoms with Crippen molar-refractivity contribution in [3.8, 4) is 11.8 Å². The normalized spacial score (nSPS) is 20.5. The van der Waals surface area contributed by atoms with Crippen LogP contribution < -0.4 is 11.1 Å². The highest BCUT2D eigenvalue weighted by Gasteiger charge is 2.30. The molecule has 1 amide bonds. The molecule has 0 radical (unpaired) electrons. The molecule has 1 fully saturated rings. The first-order valence-electron chi connectivity index (χ1n) is 7.15. The van der Waals surface area contributed by atoms with Crippen LogP contribution in [0.1, 0.15) is 46.8 Å². The minimum atomic E-state index is -0.167. The molecule has 3 N–H and O–H groups in total. The summed E-state index contributed by atoms with van der Waals surface area (Å²) in [4.78, 5) is 14.0. The Kier molecular flexibility index (Phi) is 5.04. The Morgan fingerprint density at radius 3 is 3.05 bits per heavy atom. The van der Waals surface area contributed by atoms with E-state index in [4.69, 9.17) is 10.5 Å². The van der Waals surface area contributed by atoms with Crippen LogP contribution in [0.3, 0.4) is 0 Å². The molecule has 1 atom stereocenters. The van der Waals surface area contributed by atoms with Gasteiger partial charge in [-0.2, -0.15) is 0 Å². The van der Waals surface area contributed by atoms with Gasteiger partial charge in [0.1, 0.15) is 0 Å². The van der Waals surface area contributed by atoms with Crippen molar-refractivity contribution >= 4 is 17.2 Å². The van der Waals surface area contributed by atoms with Gasteiger partial charge in [-0.05, 0) is 45.2 Å². The summed E-state index contributed by atoms with van der Waals surface area (Å²) in [7, 11) is 0. The third-order valence-electron chi connectivity index (χ3n) is 3.48. The Morgan fingerprint density at radius 2 is 2.38 bits per heavy atom. The fraction of sp³-hybridized carbons (Fsp3) is 0.562. The van der Waals surface area contributed by atoms with Crippen molar-refractivity contribution in [2.24, 2.45) is 5.73 Å². The molecular weight excluding hydrogens is 284 g/mol. The number of rotatable bonds is 2. The lowest BCUT2D eigenvalue weighted by Crippen LogP contribution is -2.45. The minimum Gasteiger partial charge on any atom is -0.375 e. The average molecular weight is 306 g/mol. The number of carbonyl (C=O) groups is 1. The first-order chi connectivity index (χ1) is 9.91. The van der Waals surface area contributed by atoms with Crippen LogP contribution >= 0.6 is 11.3 Å². The zero-order chi connectivity index (χ0) is 15.5. The van der Waals surface area contributed by atoms with Crippen LogP contribution in [0.25, 0.3) is 0 Å². The van der Waals surface area contributed by atoms with E-state index in [1.165, 1.54) is 11.3 Å². The maximum Gasteiger partial charge on any atom is 0.261 e. The Morgan fingerprint density at radius 1 is 1.62 bits per heavy atom. The molecule has 0 saturated carbocycles. The lowest BCUT2D eigenvalue weighted by Gasteiger charge is -2.35. The summed E-state index contributed by atoms with van der Waals surface area (Å²) in [6.07, 6.45) is 1.70. The Hall–Kier alpha value is -1.35. The second-order valence-corrected chi connectivity index (χ2v) is 6.95. The molecule has 1 aliphatic heterocycles. The van der Waals surface area contributed by atoms with E-state index in [9.17, 15) is 4.79 Å². The molecule has 1 unspecified atom stereocenters. The molecule has 1 saturated heterocycles. The van der Waals surface area contributed by atoms with Crippen molar-refractivity contribution in [1.82, 2.24) is 5.32 Å². The zero-order valence-corrected chi connectivity index (χ0v) is 13.6. The first kappa shape index (κ1) is 16.0. The largest absolute Gasteiger partial charge is 0.375 e. The van der Waals surface area contributed by atoms with Crippen LogP contribution in [0.2, 0.25) is 0 Å². The van der Waals surface area contributed by atoms with E-state index in [-0.39, 0.29) is 17.6 Å². The van der Waals surface area contributed by atoms with Crippen molar-refractivity contribution in [3.63, 3.8) is 0 Å². The number of hydrogen-bond donors (Lipinski definition) is 2. The first-order valence-corrected chi connectivity index (χ1v) is 7.97. The van der Waals surface area contributed by atoms with Crippen LogP contribution in [0.15, 0.2) is 6.07 Å². The van der Waals surface area contributed by atoms with Crippen LogP contribution in [-0.4, -0.2) is 30.7 Å². The van der Waals surface area contributed by atoms with Gasteiger partial charge in [-0.1, -0.05) is 11.8 Å². The van der Waals surface area contributed by atoms with Crippen LogP contribution in [0, 0.1) is 18.8 Å². The average Bonchev–Trinajstić information content (AvgIpc) is 2.76. The van der Waals surface area contributed by atoms with Crippen molar-refractivity contribution in [2.75, 3.05) is 13.2 Å². The van der Waals surface area contributed by atoms with Gasteiger partial charge in [0.05, 0.1) is 21.9 Å². The van der Waals surface area contributed by atoms with Crippen LogP contribution in [0.5, 0.6) is 0 Å². The molecule has 0 spiro atoms. The van der Waals surface area contributed by atoms with Crippen LogP contribution in [-0.2, 0) is 4.74 Å². The maximum atomic E-state index is 12.3. The molecule has 2 rings (SSSR count). The number of hydrogen-bond acceptors (Lipinski definition) is 4. The molecule has 21 heavy (non-hydrogen) atoms. The molecule has 1 aliphatic rings. The SMILES string of the molecule is Cc1cc(C(=O)NC2CCOC(C)(C)C2)sc1C#CCN. The molecule has 1 aromatic rings. The number of aryl methyl sites for hydroxylation is 1. The molecule has 114 valence electrons. The van der Waals surface area contributed by atoms with Crippen molar-refractivity contribution in [3.05, 3.63) is 21.4 Å². The topological polar surface area (TPSA) is 64.3 Å². The molecule has 4 nitrogen and oxygen atoms in total. The van der Waals surface area contributed by atoms with Gasteiger partial charge in [0.2, 0.25) is 0 Å². The summed E-state index contributed by atoms with van der Waals surface area (Å²) in [5.41, 5.74) is 6.24. The molecule has 2 heterocycles. The highest BCUT2D eigenvalue weighted by atomic mass is 32.1. The van der Waals surface area contributed by atoms with E-state index in [0.717, 1.165) is 23.3 Å². The van der Waals surface area contributed by atoms with Gasteiger partial charge in [-0.25, -0.2) is 0 Å². The van der Waals surface area contributed by atoms with Gasteiger partial charge in [0.25, 0.3) is 5.91 Å². The highest BCUT2D eigenvalue weighted by molar-refractivity contribution is 7.14. The second kappa shape index (κ2) is 6.61. The Labute approximate surface area is 130 Å². The number of nitrogens with two attached hydrogens (primary N) is 1. The summed E-state index contributed by atoms with van der Waals surface area (Å²) >= 11 is 1.42. The number of thiophene rings is 1. The molecule has 1 aromatic heterocycles. The fourth-order valence-electron chi connectivity index (χ4n) is 2.46. The van der Waals surface area contributed by atoms with Gasteiger partial charge in [-0.15, -0.1) is 11.3 Å². The molecule has 0 aromatic carbocycles. The van der Waals surface area contributed by atoms with E-state index < -0.39 is 0 Å². The summed E-state index contributed by atoms with van der Waals surface area (Å²) in [6, 6.07) is 2.06. The van der Waals surface area contributed by atoms with Gasteiger partial charge >= 0.3 is 0 Å². The maximum absolute atomic E-state index is 12.3. The number of carbonyl (C=O) groups excluding carboxylic acids is 1. The molecule has 0 aliphatic carbocycles. The Balaban J connectivity index is 2.03. The number of nitrogens with one attached hydrogen (secondary N) is 1. The summed E-state index contributed by atoms with van der Waals surface area (Å²) in [5, 5.41) is 3.11. The summed E-state index contributed by atoms with van der Waals surface area (Å²) < 4.78 is 5.67. The number of amides is 1. The quantitative estimate of drug-likeness (QED) is 0.822. The highest BCUT2D eigenvalue weighted by Crippen LogP contribution is 2.25. The smallest absolute Gasteiger partial charge is 0.261 e. The lowest BCUT2D eigenvalue weighted by atomic mass is 9.94. The van der Waals surface area contributed by atoms with E-state index in [2.05, 4.69) is 31.0 Å². The van der Waals surface area contributed by atoms with Crippen molar-refractivity contribution in [2.45, 2.75) is 45.3 Å². The fourth-order valence-corrected chi connectivity index (χ4v) is 3.41. The van der Waals surface area contributed by atoms with Gasteiger partial charge < -0.3 is 15.8 Å². The van der Waals surface area contributed by atoms with Crippen molar-refractivity contribution < 1.29 is 9.53 Å². The second-order valence-electron chi connectivity index (χ2n) is 5.90. The van der Waals surface area contributed by atoms with E-state index >= 15 is 0 Å². The number of ether oxygens (including phenoxy) is 1. The summed E-state index contributed by atoms with van der Waals surface area (Å²) in [5.74, 6) is 5.82. The molecule has 0 bridgehead atoms. The molecule has 5 heteroatoms. The minimum absolute atomic E-state index is 0.0217. The zero-order valence-electron chi connectivity index (χ0n) is 12.8. The monoisotopic (exact) mass is 306 g/mol. The van der Waals surface area contributed by atoms with E-state index in [1.54, 1.807) is 0 Å². The molecular formula is C16H22N2O2S. The predicted molar refractivity (Wildman–Crippen MR) is 85.5 cm³/mol. The standard InChI is InChI=1S/C16H22N2O2S/c1-11-9-14(21-13(11)5-4-7-17)15(19)18-12-6-8-20-16(2,3)10-12/h9,12H,6-8,10,17H2,1-3H3,(H,18,19).